The highest BCUT2D eigenvalue weighted by Crippen LogP contribution is 2.19. The number of hydrogen-bond donors (Lipinski definition) is 5. The number of allylic oxidation sites excluding steroid dienone is 1. The molecular formula is C18H25N10O2+. The molecule has 0 aliphatic carbocycles. The van der Waals surface area contributed by atoms with E-state index in [0.29, 0.717) is 18.1 Å². The van der Waals surface area contributed by atoms with E-state index in [9.17, 15) is 9.59 Å². The van der Waals surface area contributed by atoms with E-state index >= 15 is 0 Å². The Labute approximate surface area is 173 Å². The van der Waals surface area contributed by atoms with Crippen LogP contribution in [0.2, 0.25) is 0 Å². The smallest absolute Gasteiger partial charge is 0.307 e. The summed E-state index contributed by atoms with van der Waals surface area (Å²) in [6, 6.07) is 0. The molecule has 0 spiro atoms. The fourth-order valence-electron chi connectivity index (χ4n) is 2.38. The van der Waals surface area contributed by atoms with Gasteiger partial charge in [-0.3, -0.25) is 9.59 Å². The molecule has 6 N–H and O–H groups in total. The summed E-state index contributed by atoms with van der Waals surface area (Å²) in [7, 11) is 4.93. The Morgan fingerprint density at radius 2 is 1.97 bits per heavy atom. The molecule has 0 aliphatic heterocycles. The minimum absolute atomic E-state index is 0.0108. The van der Waals surface area contributed by atoms with Crippen molar-refractivity contribution in [2.24, 2.45) is 0 Å². The lowest BCUT2D eigenvalue weighted by Crippen LogP contribution is -2.80. The summed E-state index contributed by atoms with van der Waals surface area (Å²) in [5.41, 5.74) is 0.699. The normalized spacial score (nSPS) is 11.2. The molecule has 0 aromatic carbocycles. The predicted molar refractivity (Wildman–Crippen MR) is 111 cm³/mol. The van der Waals surface area contributed by atoms with Gasteiger partial charge in [0, 0.05) is 26.9 Å². The molecule has 0 unspecified atom stereocenters. The SMILES string of the molecule is CCN(C)c1cnc(Nc2cncnc2)c(C(=O)N/C(C=N)=C(/[NH2+]C)C(=O)NC)n1. The van der Waals surface area contributed by atoms with Gasteiger partial charge in [-0.15, -0.1) is 0 Å². The van der Waals surface area contributed by atoms with Crippen molar-refractivity contribution in [3.05, 3.63) is 42.0 Å². The Morgan fingerprint density at radius 3 is 2.53 bits per heavy atom. The zero-order chi connectivity index (χ0) is 22.1. The predicted octanol–water partition coefficient (Wildman–Crippen LogP) is -1.00. The summed E-state index contributed by atoms with van der Waals surface area (Å²) in [6.45, 7) is 2.60. The Hall–Kier alpha value is -3.93. The second-order valence-electron chi connectivity index (χ2n) is 5.99. The van der Waals surface area contributed by atoms with Crippen LogP contribution in [0.15, 0.2) is 36.3 Å². The lowest BCUT2D eigenvalue weighted by Gasteiger charge is -2.18. The number of carbonyl (C=O) groups excluding carboxylic acids is 2. The van der Waals surface area contributed by atoms with Gasteiger partial charge < -0.3 is 31.6 Å². The molecule has 0 radical (unpaired) electrons. The van der Waals surface area contributed by atoms with Crippen LogP contribution in [-0.2, 0) is 4.79 Å². The summed E-state index contributed by atoms with van der Waals surface area (Å²) in [5.74, 6) is -0.384. The Balaban J connectivity index is 2.47. The van der Waals surface area contributed by atoms with Gasteiger partial charge in [0.15, 0.2) is 11.5 Å². The van der Waals surface area contributed by atoms with Crippen LogP contribution in [-0.4, -0.2) is 65.7 Å². The number of rotatable bonds is 9. The van der Waals surface area contributed by atoms with Crippen LogP contribution >= 0.6 is 0 Å². The molecule has 30 heavy (non-hydrogen) atoms. The zero-order valence-corrected chi connectivity index (χ0v) is 17.2. The summed E-state index contributed by atoms with van der Waals surface area (Å²) >= 11 is 0. The van der Waals surface area contributed by atoms with Gasteiger partial charge in [0.05, 0.1) is 31.3 Å². The summed E-state index contributed by atoms with van der Waals surface area (Å²) in [6.07, 6.45) is 6.88. The van der Waals surface area contributed by atoms with Gasteiger partial charge >= 0.3 is 5.91 Å². The van der Waals surface area contributed by atoms with Crippen LogP contribution in [0.4, 0.5) is 17.3 Å². The van der Waals surface area contributed by atoms with Crippen molar-refractivity contribution in [1.29, 1.82) is 5.41 Å². The number of aromatic nitrogens is 4. The van der Waals surface area contributed by atoms with E-state index in [4.69, 9.17) is 5.41 Å². The Morgan fingerprint density at radius 1 is 1.27 bits per heavy atom. The quantitative estimate of drug-likeness (QED) is 0.258. The van der Waals surface area contributed by atoms with Crippen LogP contribution in [0.1, 0.15) is 17.4 Å². The number of amides is 2. The number of quaternary nitrogens is 1. The van der Waals surface area contributed by atoms with Crippen molar-refractivity contribution in [3.63, 3.8) is 0 Å². The molecule has 2 aromatic heterocycles. The van der Waals surface area contributed by atoms with Crippen LogP contribution in [0, 0.1) is 5.41 Å². The Bertz CT molecular complexity index is 945. The lowest BCUT2D eigenvalue weighted by molar-refractivity contribution is -0.570. The van der Waals surface area contributed by atoms with Crippen molar-refractivity contribution in [1.82, 2.24) is 30.6 Å². The maximum Gasteiger partial charge on any atom is 0.307 e. The summed E-state index contributed by atoms with van der Waals surface area (Å²) in [5, 5.41) is 17.1. The van der Waals surface area contributed by atoms with Gasteiger partial charge in [-0.2, -0.15) is 0 Å². The standard InChI is InChI=1S/C18H24N10O2/c1-5-28(4)13-9-24-16(25-11-7-22-10-23-8-11)15(27-13)18(30)26-12(6-19)14(20-2)17(29)21-3/h6-10,19-20H,5H2,1-4H3,(H,21,29)(H,24,25)(H,26,30)/p+1/b14-12+,19-6?. The van der Waals surface area contributed by atoms with E-state index in [2.05, 4.69) is 35.9 Å². The number of likely N-dealkylation sites (N-methyl/N-ethyl adjacent to an activating group) is 2. The highest BCUT2D eigenvalue weighted by Gasteiger charge is 2.22. The molecule has 0 atom stereocenters. The van der Waals surface area contributed by atoms with Crippen molar-refractivity contribution < 1.29 is 14.9 Å². The Kier molecular flexibility index (Phi) is 7.88. The maximum atomic E-state index is 13.0. The molecule has 12 nitrogen and oxygen atoms in total. The van der Waals surface area contributed by atoms with Gasteiger partial charge in [0.2, 0.25) is 5.70 Å². The van der Waals surface area contributed by atoms with Gasteiger partial charge in [-0.05, 0) is 6.92 Å². The van der Waals surface area contributed by atoms with Crippen molar-refractivity contribution in [2.45, 2.75) is 6.92 Å². The number of carbonyl (C=O) groups is 2. The minimum atomic E-state index is -0.630. The van der Waals surface area contributed by atoms with Crippen molar-refractivity contribution in [3.8, 4) is 0 Å². The number of hydrogen-bond acceptors (Lipinski definition) is 9. The van der Waals surface area contributed by atoms with Crippen LogP contribution in [0.25, 0.3) is 0 Å². The molecule has 0 bridgehead atoms. The third-order valence-electron chi connectivity index (χ3n) is 4.11. The van der Waals surface area contributed by atoms with Crippen LogP contribution in [0.3, 0.4) is 0 Å². The molecular weight excluding hydrogens is 388 g/mol. The van der Waals surface area contributed by atoms with E-state index in [0.717, 1.165) is 6.21 Å². The number of nitrogens with one attached hydrogen (secondary N) is 4. The first kappa shape index (κ1) is 22.4. The molecule has 0 fully saturated rings. The third-order valence-corrected chi connectivity index (χ3v) is 4.11. The lowest BCUT2D eigenvalue weighted by atomic mass is 10.2. The zero-order valence-electron chi connectivity index (χ0n) is 17.2. The maximum absolute atomic E-state index is 13.0. The molecule has 0 aliphatic rings. The van der Waals surface area contributed by atoms with Gasteiger partial charge in [-0.1, -0.05) is 0 Å². The molecule has 0 saturated carbocycles. The second-order valence-corrected chi connectivity index (χ2v) is 5.99. The number of nitrogens with two attached hydrogens (primary N) is 1. The molecule has 0 saturated heterocycles. The average molecular weight is 413 g/mol. The average Bonchev–Trinajstić information content (AvgIpc) is 2.78. The molecule has 2 aromatic rings. The van der Waals surface area contributed by atoms with Crippen molar-refractivity contribution in [2.75, 3.05) is 37.9 Å². The molecule has 12 heteroatoms. The third kappa shape index (κ3) is 5.32. The van der Waals surface area contributed by atoms with E-state index < -0.39 is 11.8 Å². The number of nitrogens with zero attached hydrogens (tertiary/aromatic N) is 5. The monoisotopic (exact) mass is 413 g/mol. The molecule has 158 valence electrons. The first-order valence-electron chi connectivity index (χ1n) is 9.12. The fourth-order valence-corrected chi connectivity index (χ4v) is 2.38. The summed E-state index contributed by atoms with van der Waals surface area (Å²) in [4.78, 5) is 43.5. The first-order valence-corrected chi connectivity index (χ1v) is 9.12. The largest absolute Gasteiger partial charge is 0.359 e. The molecule has 2 heterocycles. The van der Waals surface area contributed by atoms with Gasteiger partial charge in [-0.25, -0.2) is 19.9 Å². The van der Waals surface area contributed by atoms with Gasteiger partial charge in [0.1, 0.15) is 17.8 Å². The topological polar surface area (TPSA) is 165 Å². The highest BCUT2D eigenvalue weighted by molar-refractivity contribution is 6.04. The van der Waals surface area contributed by atoms with Crippen LogP contribution < -0.4 is 26.2 Å². The molecule has 2 amide bonds. The van der Waals surface area contributed by atoms with Crippen LogP contribution in [0.5, 0.6) is 0 Å². The van der Waals surface area contributed by atoms with Crippen molar-refractivity contribution >= 4 is 35.4 Å². The van der Waals surface area contributed by atoms with E-state index in [1.54, 1.807) is 7.05 Å². The molecule has 2 rings (SSSR count). The van der Waals surface area contributed by atoms with E-state index in [1.807, 2.05) is 18.9 Å². The minimum Gasteiger partial charge on any atom is -0.359 e. The van der Waals surface area contributed by atoms with E-state index in [1.165, 1.54) is 37.3 Å². The number of anilines is 3. The van der Waals surface area contributed by atoms with Gasteiger partial charge in [0.25, 0.3) is 5.91 Å². The van der Waals surface area contributed by atoms with E-state index in [-0.39, 0.29) is 22.9 Å². The first-order chi connectivity index (χ1) is 14.4. The highest BCUT2D eigenvalue weighted by atomic mass is 16.2. The summed E-state index contributed by atoms with van der Waals surface area (Å²) < 4.78 is 0. The fraction of sp³-hybridized carbons (Fsp3) is 0.278. The second kappa shape index (κ2) is 10.6.